The maximum absolute atomic E-state index is 13.5. The maximum atomic E-state index is 13.5. The lowest BCUT2D eigenvalue weighted by atomic mass is 9.83. The fourth-order valence-corrected chi connectivity index (χ4v) is 1.84. The highest BCUT2D eigenvalue weighted by atomic mass is 19.1. The van der Waals surface area contributed by atoms with Crippen LogP contribution in [-0.2, 0) is 10.2 Å². The number of rotatable bonds is 2. The van der Waals surface area contributed by atoms with Gasteiger partial charge in [0.2, 0.25) is 0 Å². The Morgan fingerprint density at radius 2 is 2.20 bits per heavy atom. The Morgan fingerprint density at radius 1 is 1.47 bits per heavy atom. The van der Waals surface area contributed by atoms with Crippen molar-refractivity contribution in [2.75, 3.05) is 6.61 Å². The number of fused-ring (bicyclic) bond motifs is 1. The Morgan fingerprint density at radius 3 is 2.80 bits per heavy atom. The first-order chi connectivity index (χ1) is 7.12. The van der Waals surface area contributed by atoms with Gasteiger partial charge in [0.1, 0.15) is 11.2 Å². The van der Waals surface area contributed by atoms with E-state index in [2.05, 4.69) is 0 Å². The van der Waals surface area contributed by atoms with Gasteiger partial charge in [-0.25, -0.2) is 4.39 Å². The van der Waals surface area contributed by atoms with Crippen LogP contribution in [0.3, 0.4) is 0 Å². The number of benzene rings is 1. The largest absolute Gasteiger partial charge is 0.480 e. The highest BCUT2D eigenvalue weighted by Gasteiger charge is 2.43. The van der Waals surface area contributed by atoms with Gasteiger partial charge in [0.15, 0.2) is 0 Å². The van der Waals surface area contributed by atoms with E-state index < -0.39 is 23.8 Å². The normalized spacial score (nSPS) is 22.8. The molecule has 0 heterocycles. The van der Waals surface area contributed by atoms with Gasteiger partial charge in [-0.1, -0.05) is 24.3 Å². The summed E-state index contributed by atoms with van der Waals surface area (Å²) in [7, 11) is 0. The molecule has 1 aromatic carbocycles. The second-order valence-electron chi connectivity index (χ2n) is 3.47. The molecule has 15 heavy (non-hydrogen) atoms. The molecule has 1 aliphatic rings. The number of aliphatic hydroxyl groups is 1. The molecule has 4 heteroatoms. The topological polar surface area (TPSA) is 57.5 Å². The second-order valence-corrected chi connectivity index (χ2v) is 3.47. The Balaban J connectivity index is 2.69. The summed E-state index contributed by atoms with van der Waals surface area (Å²) in [6, 6.07) is 4.32. The molecule has 2 N–H and O–H groups in total. The van der Waals surface area contributed by atoms with E-state index in [1.807, 2.05) is 0 Å². The molecule has 0 aromatic heterocycles. The number of aliphatic carboxylic acids is 1. The summed E-state index contributed by atoms with van der Waals surface area (Å²) < 4.78 is 13.5. The summed E-state index contributed by atoms with van der Waals surface area (Å²) in [5.41, 5.74) is -1.08. The van der Waals surface area contributed by atoms with E-state index in [9.17, 15) is 9.18 Å². The van der Waals surface area contributed by atoms with Gasteiger partial charge in [-0.2, -0.15) is 0 Å². The molecule has 2 rings (SSSR count). The molecular formula is C11H9FO3. The fourth-order valence-electron chi connectivity index (χ4n) is 1.84. The quantitative estimate of drug-likeness (QED) is 0.766. The third kappa shape index (κ3) is 1.18. The summed E-state index contributed by atoms with van der Waals surface area (Å²) in [5, 5.41) is 18.2. The Kier molecular flexibility index (Phi) is 2.08. The molecule has 0 bridgehead atoms. The van der Waals surface area contributed by atoms with Crippen LogP contribution in [0.15, 0.2) is 24.3 Å². The molecule has 0 aliphatic heterocycles. The number of hydrogen-bond donors (Lipinski definition) is 2. The molecule has 0 fully saturated rings. The summed E-state index contributed by atoms with van der Waals surface area (Å²) in [6.07, 6.45) is 2.84. The van der Waals surface area contributed by atoms with Crippen LogP contribution in [0.2, 0.25) is 0 Å². The van der Waals surface area contributed by atoms with Crippen molar-refractivity contribution in [3.63, 3.8) is 0 Å². The highest BCUT2D eigenvalue weighted by Crippen LogP contribution is 2.37. The van der Waals surface area contributed by atoms with E-state index in [-0.39, 0.29) is 5.56 Å². The average Bonchev–Trinajstić information content (AvgIpc) is 2.59. The van der Waals surface area contributed by atoms with E-state index in [0.29, 0.717) is 5.56 Å². The number of aliphatic hydroxyl groups excluding tert-OH is 1. The van der Waals surface area contributed by atoms with Crippen LogP contribution in [0.1, 0.15) is 11.1 Å². The number of hydrogen-bond acceptors (Lipinski definition) is 2. The molecule has 1 unspecified atom stereocenters. The highest BCUT2D eigenvalue weighted by molar-refractivity contribution is 5.90. The van der Waals surface area contributed by atoms with Gasteiger partial charge in [0, 0.05) is 5.56 Å². The van der Waals surface area contributed by atoms with Gasteiger partial charge in [0.25, 0.3) is 0 Å². The number of carboxylic acids is 1. The van der Waals surface area contributed by atoms with Gasteiger partial charge in [-0.05, 0) is 11.6 Å². The minimum Gasteiger partial charge on any atom is -0.480 e. The molecular weight excluding hydrogens is 199 g/mol. The smallest absolute Gasteiger partial charge is 0.320 e. The van der Waals surface area contributed by atoms with Gasteiger partial charge in [-0.3, -0.25) is 4.79 Å². The SMILES string of the molecule is O=C(O)C1(CO)C=Cc2cccc(F)c21. The van der Waals surface area contributed by atoms with Crippen molar-refractivity contribution in [1.82, 2.24) is 0 Å². The molecule has 0 saturated heterocycles. The molecule has 0 spiro atoms. The van der Waals surface area contributed by atoms with Crippen LogP contribution in [-0.4, -0.2) is 22.8 Å². The van der Waals surface area contributed by atoms with Crippen molar-refractivity contribution in [3.8, 4) is 0 Å². The zero-order valence-corrected chi connectivity index (χ0v) is 7.77. The lowest BCUT2D eigenvalue weighted by Crippen LogP contribution is -2.37. The fraction of sp³-hybridized carbons (Fsp3) is 0.182. The van der Waals surface area contributed by atoms with Crippen LogP contribution >= 0.6 is 0 Å². The van der Waals surface area contributed by atoms with E-state index in [1.165, 1.54) is 24.3 Å². The van der Waals surface area contributed by atoms with Gasteiger partial charge in [-0.15, -0.1) is 0 Å². The van der Waals surface area contributed by atoms with Crippen molar-refractivity contribution >= 4 is 12.0 Å². The van der Waals surface area contributed by atoms with Crippen LogP contribution in [0, 0.1) is 5.82 Å². The molecule has 1 atom stereocenters. The van der Waals surface area contributed by atoms with Gasteiger partial charge >= 0.3 is 5.97 Å². The second kappa shape index (κ2) is 3.17. The molecule has 78 valence electrons. The van der Waals surface area contributed by atoms with Crippen LogP contribution in [0.4, 0.5) is 4.39 Å². The van der Waals surface area contributed by atoms with E-state index >= 15 is 0 Å². The first kappa shape index (κ1) is 9.86. The monoisotopic (exact) mass is 208 g/mol. The van der Waals surface area contributed by atoms with Crippen molar-refractivity contribution in [2.45, 2.75) is 5.41 Å². The minimum absolute atomic E-state index is 0.0417. The van der Waals surface area contributed by atoms with Crippen LogP contribution in [0.5, 0.6) is 0 Å². The predicted octanol–water partition coefficient (Wildman–Crippen LogP) is 1.17. The summed E-state index contributed by atoms with van der Waals surface area (Å²) in [5.74, 6) is -1.85. The zero-order chi connectivity index (χ0) is 11.1. The van der Waals surface area contributed by atoms with Gasteiger partial charge < -0.3 is 10.2 Å². The number of carboxylic acid groups (broad SMARTS) is 1. The van der Waals surface area contributed by atoms with Crippen molar-refractivity contribution in [3.05, 3.63) is 41.2 Å². The zero-order valence-electron chi connectivity index (χ0n) is 7.77. The van der Waals surface area contributed by atoms with E-state index in [4.69, 9.17) is 10.2 Å². The molecule has 1 aromatic rings. The maximum Gasteiger partial charge on any atom is 0.320 e. The van der Waals surface area contributed by atoms with Crippen LogP contribution in [0.25, 0.3) is 6.08 Å². The van der Waals surface area contributed by atoms with E-state index in [0.717, 1.165) is 0 Å². The Labute approximate surface area is 85.5 Å². The summed E-state index contributed by atoms with van der Waals surface area (Å²) in [6.45, 7) is -0.646. The summed E-state index contributed by atoms with van der Waals surface area (Å²) >= 11 is 0. The van der Waals surface area contributed by atoms with Crippen molar-refractivity contribution in [1.29, 1.82) is 0 Å². The third-order valence-corrected chi connectivity index (χ3v) is 2.67. The standard InChI is InChI=1S/C11H9FO3/c12-8-3-1-2-7-4-5-11(6-13,9(7)8)10(14)15/h1-5,13H,6H2,(H,14,15). The number of carbonyl (C=O) groups is 1. The third-order valence-electron chi connectivity index (χ3n) is 2.67. The molecule has 1 aliphatic carbocycles. The molecule has 0 saturated carbocycles. The molecule has 0 radical (unpaired) electrons. The first-order valence-corrected chi connectivity index (χ1v) is 4.44. The Hall–Kier alpha value is -1.68. The van der Waals surface area contributed by atoms with Crippen LogP contribution < -0.4 is 0 Å². The lowest BCUT2D eigenvalue weighted by Gasteiger charge is -2.21. The number of halogens is 1. The lowest BCUT2D eigenvalue weighted by molar-refractivity contribution is -0.143. The predicted molar refractivity (Wildman–Crippen MR) is 51.8 cm³/mol. The molecule has 0 amide bonds. The minimum atomic E-state index is -1.62. The Bertz CT molecular complexity index is 453. The first-order valence-electron chi connectivity index (χ1n) is 4.44. The average molecular weight is 208 g/mol. The molecule has 3 nitrogen and oxygen atoms in total. The van der Waals surface area contributed by atoms with Crippen molar-refractivity contribution in [2.24, 2.45) is 0 Å². The van der Waals surface area contributed by atoms with E-state index in [1.54, 1.807) is 6.07 Å². The summed E-state index contributed by atoms with van der Waals surface area (Å²) in [4.78, 5) is 11.1. The van der Waals surface area contributed by atoms with Gasteiger partial charge in [0.05, 0.1) is 6.61 Å². The van der Waals surface area contributed by atoms with Crippen molar-refractivity contribution < 1.29 is 19.4 Å².